The maximum atomic E-state index is 14.0. The van der Waals surface area contributed by atoms with Crippen LogP contribution in [-0.4, -0.2) is 114 Å². The number of likely N-dealkylation sites (N-methyl/N-ethyl adjacent to an activating group) is 1. The fraction of sp³-hybridized carbons (Fsp3) is 0.906. The standard InChI is InChI=1S/C32H56N2O10/c1-13-22-32(9)25(33-29(38)44-32)20(6)31(8,39)16(2)15-30(7,40-12)26(18(4)23(35)19(5)27(37)42-22)43-28-24(36)21(34(10)11)14-17(3)41-28/h16-22,24-26,28,36,39H,13-15H2,1-12H3,(H,33,38)/t16-,17-,18+,19-,20-,21+,22-,24-,25+,26-,28+,30-,31+,32-/m1/s1. The van der Waals surface area contributed by atoms with Gasteiger partial charge < -0.3 is 44.1 Å². The van der Waals surface area contributed by atoms with Crippen LogP contribution in [0, 0.1) is 23.7 Å². The topological polar surface area (TPSA) is 153 Å². The zero-order valence-electron chi connectivity index (χ0n) is 28.6. The minimum atomic E-state index is -1.39. The molecular formula is C32H56N2O10. The van der Waals surface area contributed by atoms with Gasteiger partial charge in [0.2, 0.25) is 0 Å². The average Bonchev–Trinajstić information content (AvgIpc) is 3.27. The summed E-state index contributed by atoms with van der Waals surface area (Å²) in [6.07, 6.45) is -3.73. The predicted octanol–water partition coefficient (Wildman–Crippen LogP) is 2.66. The van der Waals surface area contributed by atoms with Crippen LogP contribution in [-0.2, 0) is 33.3 Å². The number of carbonyl (C=O) groups excluding carboxylic acids is 3. The third kappa shape index (κ3) is 6.80. The summed E-state index contributed by atoms with van der Waals surface area (Å²) in [4.78, 5) is 42.1. The van der Waals surface area contributed by atoms with E-state index in [1.54, 1.807) is 34.6 Å². The molecule has 0 bridgehead atoms. The number of alkyl carbamates (subject to hydrolysis) is 1. The molecule has 3 rings (SSSR count). The summed E-state index contributed by atoms with van der Waals surface area (Å²) in [5, 5.41) is 26.2. The Hall–Kier alpha value is -1.83. The van der Waals surface area contributed by atoms with Crippen molar-refractivity contribution >= 4 is 17.8 Å². The fourth-order valence-electron chi connectivity index (χ4n) is 7.46. The van der Waals surface area contributed by atoms with Gasteiger partial charge in [0.15, 0.2) is 17.7 Å². The van der Waals surface area contributed by atoms with Crippen molar-refractivity contribution in [1.29, 1.82) is 0 Å². The molecule has 3 saturated heterocycles. The number of hydrogen-bond donors (Lipinski definition) is 3. The molecule has 0 aromatic carbocycles. The summed E-state index contributed by atoms with van der Waals surface area (Å²) in [5.41, 5.74) is -3.88. The monoisotopic (exact) mass is 628 g/mol. The van der Waals surface area contributed by atoms with E-state index < -0.39 is 89.0 Å². The van der Waals surface area contributed by atoms with Gasteiger partial charge in [0.25, 0.3) is 0 Å². The molecule has 0 unspecified atom stereocenters. The van der Waals surface area contributed by atoms with Crippen molar-refractivity contribution in [1.82, 2.24) is 10.2 Å². The Kier molecular flexibility index (Phi) is 11.2. The number of aliphatic hydroxyl groups excluding tert-OH is 1. The number of nitrogens with one attached hydrogen (secondary N) is 1. The van der Waals surface area contributed by atoms with Crippen molar-refractivity contribution in [3.05, 3.63) is 0 Å². The highest BCUT2D eigenvalue weighted by Gasteiger charge is 2.59. The molecule has 1 amide bonds. The Labute approximate surface area is 262 Å². The van der Waals surface area contributed by atoms with E-state index in [9.17, 15) is 24.6 Å². The lowest BCUT2D eigenvalue weighted by molar-refractivity contribution is -0.296. The lowest BCUT2D eigenvalue weighted by Gasteiger charge is -2.49. The number of amides is 1. The molecule has 44 heavy (non-hydrogen) atoms. The van der Waals surface area contributed by atoms with Crippen LogP contribution in [0.4, 0.5) is 4.79 Å². The lowest BCUT2D eigenvalue weighted by atomic mass is 9.67. The number of esters is 1. The molecule has 3 heterocycles. The summed E-state index contributed by atoms with van der Waals surface area (Å²) < 4.78 is 30.4. The van der Waals surface area contributed by atoms with Crippen LogP contribution < -0.4 is 5.32 Å². The smallest absolute Gasteiger partial charge is 0.408 e. The Morgan fingerprint density at radius 3 is 2.23 bits per heavy atom. The maximum absolute atomic E-state index is 14.0. The van der Waals surface area contributed by atoms with Gasteiger partial charge in [-0.05, 0) is 73.9 Å². The summed E-state index contributed by atoms with van der Waals surface area (Å²) in [6.45, 7) is 15.8. The van der Waals surface area contributed by atoms with Gasteiger partial charge in [-0.3, -0.25) is 9.59 Å². The number of Topliss-reactive ketones (excluding diaryl/α,β-unsaturated/α-hetero) is 1. The summed E-state index contributed by atoms with van der Waals surface area (Å²) >= 11 is 0. The number of aliphatic hydroxyl groups is 2. The second kappa shape index (κ2) is 13.5. The number of carbonyl (C=O) groups is 3. The highest BCUT2D eigenvalue weighted by atomic mass is 16.7. The van der Waals surface area contributed by atoms with Crippen molar-refractivity contribution in [2.75, 3.05) is 21.2 Å². The van der Waals surface area contributed by atoms with Crippen molar-refractivity contribution < 1.29 is 48.3 Å². The number of rotatable bonds is 5. The van der Waals surface area contributed by atoms with E-state index in [1.165, 1.54) is 14.0 Å². The van der Waals surface area contributed by atoms with E-state index in [2.05, 4.69) is 5.32 Å². The molecule has 12 heteroatoms. The lowest BCUT2D eigenvalue weighted by Crippen LogP contribution is -2.62. The van der Waals surface area contributed by atoms with Gasteiger partial charge in [-0.2, -0.15) is 0 Å². The zero-order chi connectivity index (χ0) is 33.5. The minimum Gasteiger partial charge on any atom is -0.458 e. The SMILES string of the molecule is CC[C@H]1OC(=O)[C@H](C)C(=O)[C@H](C)[C@@H](O[C@@H]2O[C@H](C)C[C@H](N(C)C)[C@H]2O)[C@](C)(OC)C[C@@H](C)[C@](C)(O)[C@H](C)[C@@H]2NC(=O)O[C@]12C. The minimum absolute atomic E-state index is 0.229. The first kappa shape index (κ1) is 36.6. The number of cyclic esters (lactones) is 1. The molecule has 3 aliphatic heterocycles. The van der Waals surface area contributed by atoms with Crippen molar-refractivity contribution in [3.63, 3.8) is 0 Å². The Balaban J connectivity index is 2.13. The van der Waals surface area contributed by atoms with Crippen LogP contribution in [0.25, 0.3) is 0 Å². The van der Waals surface area contributed by atoms with Gasteiger partial charge in [0, 0.05) is 25.0 Å². The Morgan fingerprint density at radius 1 is 1.07 bits per heavy atom. The van der Waals surface area contributed by atoms with Gasteiger partial charge in [-0.15, -0.1) is 0 Å². The molecule has 12 nitrogen and oxygen atoms in total. The molecule has 3 aliphatic rings. The first-order valence-electron chi connectivity index (χ1n) is 15.9. The van der Waals surface area contributed by atoms with Crippen LogP contribution in [0.3, 0.4) is 0 Å². The summed E-state index contributed by atoms with van der Waals surface area (Å²) in [7, 11) is 5.26. The van der Waals surface area contributed by atoms with E-state index in [-0.39, 0.29) is 18.6 Å². The molecule has 14 atom stereocenters. The number of methoxy groups -OCH3 is 1. The third-order valence-corrected chi connectivity index (χ3v) is 10.9. The second-order valence-electron chi connectivity index (χ2n) is 14.2. The van der Waals surface area contributed by atoms with Gasteiger partial charge in [0.05, 0.1) is 29.5 Å². The highest BCUT2D eigenvalue weighted by Crippen LogP contribution is 2.44. The van der Waals surface area contributed by atoms with Crippen LogP contribution >= 0.6 is 0 Å². The molecule has 254 valence electrons. The van der Waals surface area contributed by atoms with Gasteiger partial charge in [-0.1, -0.05) is 27.7 Å². The van der Waals surface area contributed by atoms with E-state index >= 15 is 0 Å². The Morgan fingerprint density at radius 2 is 1.68 bits per heavy atom. The Bertz CT molecular complexity index is 1050. The number of ether oxygens (including phenoxy) is 5. The maximum Gasteiger partial charge on any atom is 0.408 e. The van der Waals surface area contributed by atoms with E-state index in [1.807, 2.05) is 39.8 Å². The van der Waals surface area contributed by atoms with Crippen LogP contribution in [0.1, 0.15) is 81.6 Å². The second-order valence-corrected chi connectivity index (χ2v) is 14.2. The fourth-order valence-corrected chi connectivity index (χ4v) is 7.46. The third-order valence-electron chi connectivity index (χ3n) is 10.9. The quantitative estimate of drug-likeness (QED) is 0.304. The largest absolute Gasteiger partial charge is 0.458 e. The normalized spacial score (nSPS) is 47.8. The molecule has 3 fully saturated rings. The number of hydrogen-bond acceptors (Lipinski definition) is 11. The number of nitrogens with zero attached hydrogens (tertiary/aromatic N) is 1. The van der Waals surface area contributed by atoms with E-state index in [0.29, 0.717) is 12.8 Å². The highest BCUT2D eigenvalue weighted by molar-refractivity contribution is 6.00. The first-order chi connectivity index (χ1) is 20.2. The van der Waals surface area contributed by atoms with Gasteiger partial charge in [-0.25, -0.2) is 4.79 Å². The summed E-state index contributed by atoms with van der Waals surface area (Å²) in [5.74, 6) is -4.29. The van der Waals surface area contributed by atoms with Crippen molar-refractivity contribution in [2.45, 2.75) is 141 Å². The molecule has 3 N–H and O–H groups in total. The molecule has 0 aliphatic carbocycles. The van der Waals surface area contributed by atoms with Crippen molar-refractivity contribution in [2.24, 2.45) is 23.7 Å². The number of ketones is 1. The van der Waals surface area contributed by atoms with Gasteiger partial charge in [0.1, 0.15) is 18.1 Å². The molecule has 0 radical (unpaired) electrons. The van der Waals surface area contributed by atoms with Crippen LogP contribution in [0.2, 0.25) is 0 Å². The van der Waals surface area contributed by atoms with E-state index in [4.69, 9.17) is 23.7 Å². The molecule has 0 saturated carbocycles. The first-order valence-corrected chi connectivity index (χ1v) is 15.9. The average molecular weight is 629 g/mol. The van der Waals surface area contributed by atoms with Crippen LogP contribution in [0.15, 0.2) is 0 Å². The molecular weight excluding hydrogens is 572 g/mol. The molecule has 0 aromatic heterocycles. The van der Waals surface area contributed by atoms with Crippen molar-refractivity contribution in [3.8, 4) is 0 Å². The molecule has 0 spiro atoms. The van der Waals surface area contributed by atoms with Crippen LogP contribution in [0.5, 0.6) is 0 Å². The molecule has 0 aromatic rings. The van der Waals surface area contributed by atoms with Gasteiger partial charge >= 0.3 is 12.1 Å². The van der Waals surface area contributed by atoms with E-state index in [0.717, 1.165) is 0 Å². The summed E-state index contributed by atoms with van der Waals surface area (Å²) in [6, 6.07) is -0.963. The number of fused-ring (bicyclic) bond motifs is 1. The zero-order valence-corrected chi connectivity index (χ0v) is 28.6. The predicted molar refractivity (Wildman–Crippen MR) is 162 cm³/mol.